The number of hydrogen-bond donors (Lipinski definition) is 2. The smallest absolute Gasteiger partial charge is 0.423 e. The zero-order valence-corrected chi connectivity index (χ0v) is 17.8. The van der Waals surface area contributed by atoms with E-state index in [1.807, 2.05) is 36.5 Å². The van der Waals surface area contributed by atoms with Gasteiger partial charge in [-0.05, 0) is 19.3 Å². The van der Waals surface area contributed by atoms with E-state index in [9.17, 15) is 13.2 Å². The van der Waals surface area contributed by atoms with Gasteiger partial charge in [0.15, 0.2) is 0 Å². The van der Waals surface area contributed by atoms with Gasteiger partial charge < -0.3 is 19.8 Å². The molecule has 174 valence electrons. The van der Waals surface area contributed by atoms with Crippen LogP contribution in [-0.4, -0.2) is 45.3 Å². The molecule has 1 aromatic carbocycles. The predicted octanol–water partition coefficient (Wildman–Crippen LogP) is 4.80. The van der Waals surface area contributed by atoms with E-state index < -0.39 is 23.7 Å². The molecule has 0 amide bonds. The van der Waals surface area contributed by atoms with Crippen LogP contribution in [0.5, 0.6) is 5.88 Å². The molecule has 5 rings (SSSR count). The van der Waals surface area contributed by atoms with E-state index in [-0.39, 0.29) is 31.1 Å². The highest BCUT2D eigenvalue weighted by atomic mass is 19.4. The first-order valence-electron chi connectivity index (χ1n) is 11.0. The molecule has 33 heavy (non-hydrogen) atoms. The zero-order chi connectivity index (χ0) is 22.8. The summed E-state index contributed by atoms with van der Waals surface area (Å²) >= 11 is 0. The Balaban J connectivity index is 1.28. The lowest BCUT2D eigenvalue weighted by Crippen LogP contribution is -2.39. The summed E-state index contributed by atoms with van der Waals surface area (Å²) in [5, 5.41) is 3.21. The molecule has 7 nitrogen and oxygen atoms in total. The predicted molar refractivity (Wildman–Crippen MR) is 115 cm³/mol. The number of nitrogens with one attached hydrogen (secondary N) is 2. The second kappa shape index (κ2) is 9.01. The minimum atomic E-state index is -4.59. The summed E-state index contributed by atoms with van der Waals surface area (Å²) in [6.07, 6.45) is 1.31. The van der Waals surface area contributed by atoms with Gasteiger partial charge in [0.2, 0.25) is 11.8 Å². The molecule has 0 radical (unpaired) electrons. The van der Waals surface area contributed by atoms with Gasteiger partial charge in [0.1, 0.15) is 17.5 Å². The van der Waals surface area contributed by atoms with Gasteiger partial charge in [-0.15, -0.1) is 0 Å². The van der Waals surface area contributed by atoms with Gasteiger partial charge in [-0.2, -0.15) is 18.2 Å². The minimum Gasteiger partial charge on any atom is -0.469 e. The van der Waals surface area contributed by atoms with Gasteiger partial charge in [-0.1, -0.05) is 36.8 Å². The lowest BCUT2D eigenvalue weighted by Gasteiger charge is -2.30. The molecule has 3 heterocycles. The van der Waals surface area contributed by atoms with Crippen LogP contribution >= 0.6 is 0 Å². The maximum atomic E-state index is 13.4. The van der Waals surface area contributed by atoms with Crippen molar-refractivity contribution in [1.82, 2.24) is 19.9 Å². The van der Waals surface area contributed by atoms with Crippen LogP contribution in [0.4, 0.5) is 19.1 Å². The summed E-state index contributed by atoms with van der Waals surface area (Å²) in [6, 6.07) is 9.95. The van der Waals surface area contributed by atoms with Crippen LogP contribution in [0.1, 0.15) is 42.9 Å². The van der Waals surface area contributed by atoms with E-state index >= 15 is 0 Å². The van der Waals surface area contributed by atoms with Crippen LogP contribution in [0.25, 0.3) is 11.4 Å². The number of H-pyrrole nitrogens is 1. The van der Waals surface area contributed by atoms with E-state index in [1.54, 1.807) is 0 Å². The number of benzene rings is 1. The Labute approximate surface area is 188 Å². The van der Waals surface area contributed by atoms with Crippen LogP contribution in [0, 0.1) is 0 Å². The third kappa shape index (κ3) is 4.95. The highest BCUT2D eigenvalue weighted by Gasteiger charge is 2.38. The van der Waals surface area contributed by atoms with Crippen LogP contribution in [0.3, 0.4) is 0 Å². The number of alkyl halides is 3. The number of halogens is 3. The maximum absolute atomic E-state index is 13.4. The van der Waals surface area contributed by atoms with Crippen LogP contribution < -0.4 is 10.1 Å². The van der Waals surface area contributed by atoms with E-state index in [0.717, 1.165) is 49.0 Å². The molecule has 1 saturated carbocycles. The van der Waals surface area contributed by atoms with Crippen LogP contribution in [0.2, 0.25) is 0 Å². The fourth-order valence-electron chi connectivity index (χ4n) is 4.23. The number of nitrogens with zero attached hydrogens (tertiary/aromatic N) is 3. The SMILES string of the molecule is FC(F)(F)c1cnc(N[C@@H]2CCC[C@@H](c3cnc(-c4ccccc4)[nH]3)C2)nc1OC1COC1. The average molecular weight is 459 g/mol. The molecule has 2 aromatic heterocycles. The van der Waals surface area contributed by atoms with Crippen molar-refractivity contribution in [3.05, 3.63) is 54.0 Å². The Morgan fingerprint density at radius 1 is 1.06 bits per heavy atom. The summed E-state index contributed by atoms with van der Waals surface area (Å²) in [6.45, 7) is 0.507. The van der Waals surface area contributed by atoms with E-state index in [1.165, 1.54) is 0 Å². The molecule has 0 unspecified atom stereocenters. The van der Waals surface area contributed by atoms with E-state index in [2.05, 4.69) is 25.3 Å². The van der Waals surface area contributed by atoms with Crippen molar-refractivity contribution in [3.63, 3.8) is 0 Å². The number of ether oxygens (including phenoxy) is 2. The fraction of sp³-hybridized carbons (Fsp3) is 0.435. The van der Waals surface area contributed by atoms with Crippen molar-refractivity contribution in [3.8, 4) is 17.3 Å². The van der Waals surface area contributed by atoms with Crippen molar-refractivity contribution < 1.29 is 22.6 Å². The minimum absolute atomic E-state index is 0.0313. The summed E-state index contributed by atoms with van der Waals surface area (Å²) < 4.78 is 50.5. The van der Waals surface area contributed by atoms with Gasteiger partial charge >= 0.3 is 6.18 Å². The molecule has 2 fully saturated rings. The topological polar surface area (TPSA) is 85.0 Å². The third-order valence-corrected chi connectivity index (χ3v) is 6.03. The first-order valence-corrected chi connectivity index (χ1v) is 11.0. The molecular formula is C23H24F3N5O2. The molecule has 2 aliphatic rings. The molecular weight excluding hydrogens is 435 g/mol. The molecule has 0 bridgehead atoms. The lowest BCUT2D eigenvalue weighted by atomic mass is 9.84. The molecule has 2 N–H and O–H groups in total. The first-order chi connectivity index (χ1) is 16.0. The number of hydrogen-bond acceptors (Lipinski definition) is 6. The van der Waals surface area contributed by atoms with Gasteiger partial charge in [0, 0.05) is 35.6 Å². The maximum Gasteiger partial charge on any atom is 0.423 e. The highest BCUT2D eigenvalue weighted by Crippen LogP contribution is 2.37. The number of aromatic amines is 1. The summed E-state index contributed by atoms with van der Waals surface area (Å²) in [5.41, 5.74) is 1.10. The molecule has 10 heteroatoms. The third-order valence-electron chi connectivity index (χ3n) is 6.03. The van der Waals surface area contributed by atoms with Crippen molar-refractivity contribution in [2.75, 3.05) is 18.5 Å². The number of rotatable bonds is 6. The lowest BCUT2D eigenvalue weighted by molar-refractivity contribution is -0.142. The van der Waals surface area contributed by atoms with Crippen molar-refractivity contribution in [2.45, 2.75) is 49.9 Å². The average Bonchev–Trinajstić information content (AvgIpc) is 3.27. The number of imidazole rings is 1. The largest absolute Gasteiger partial charge is 0.469 e. The quantitative estimate of drug-likeness (QED) is 0.551. The van der Waals surface area contributed by atoms with Gasteiger partial charge in [0.25, 0.3) is 0 Å². The van der Waals surface area contributed by atoms with E-state index in [4.69, 9.17) is 9.47 Å². The molecule has 3 aromatic rings. The standard InChI is InChI=1S/C23H24F3N5O2/c24-23(25,26)18-10-28-22(31-21(18)33-17-12-32-13-17)29-16-8-4-7-15(9-16)19-11-27-20(30-19)14-5-2-1-3-6-14/h1-3,5-6,10-11,15-17H,4,7-9,12-13H2,(H,27,30)(H,28,29,31)/t15-,16-/m1/s1. The van der Waals surface area contributed by atoms with Gasteiger partial charge in [0.05, 0.1) is 13.2 Å². The fourth-order valence-corrected chi connectivity index (χ4v) is 4.23. The van der Waals surface area contributed by atoms with Crippen LogP contribution in [-0.2, 0) is 10.9 Å². The number of anilines is 1. The van der Waals surface area contributed by atoms with Crippen molar-refractivity contribution >= 4 is 5.95 Å². The summed E-state index contributed by atoms with van der Waals surface area (Å²) in [5.74, 6) is 0.771. The molecule has 1 aliphatic heterocycles. The zero-order valence-electron chi connectivity index (χ0n) is 17.8. The molecule has 1 aliphatic carbocycles. The summed E-state index contributed by atoms with van der Waals surface area (Å²) in [7, 11) is 0. The highest BCUT2D eigenvalue weighted by molar-refractivity contribution is 5.54. The summed E-state index contributed by atoms with van der Waals surface area (Å²) in [4.78, 5) is 15.9. The van der Waals surface area contributed by atoms with Crippen molar-refractivity contribution in [1.29, 1.82) is 0 Å². The second-order valence-corrected chi connectivity index (χ2v) is 8.45. The number of aromatic nitrogens is 4. The Bertz CT molecular complexity index is 1090. The van der Waals surface area contributed by atoms with Gasteiger partial charge in [-0.3, -0.25) is 0 Å². The molecule has 0 spiro atoms. The van der Waals surface area contributed by atoms with Crippen LogP contribution in [0.15, 0.2) is 42.7 Å². The normalized spacial score (nSPS) is 21.4. The van der Waals surface area contributed by atoms with Crippen molar-refractivity contribution in [2.24, 2.45) is 0 Å². The Kier molecular flexibility index (Phi) is 5.92. The Morgan fingerprint density at radius 3 is 2.61 bits per heavy atom. The Morgan fingerprint density at radius 2 is 1.88 bits per heavy atom. The monoisotopic (exact) mass is 459 g/mol. The van der Waals surface area contributed by atoms with Gasteiger partial charge in [-0.25, -0.2) is 9.97 Å². The van der Waals surface area contributed by atoms with E-state index in [0.29, 0.717) is 0 Å². The first kappa shape index (κ1) is 21.7. The molecule has 2 atom stereocenters. The molecule has 1 saturated heterocycles. The second-order valence-electron chi connectivity index (χ2n) is 8.45. The Hall–Kier alpha value is -3.14.